The van der Waals surface area contributed by atoms with Crippen molar-refractivity contribution in [2.24, 2.45) is 5.73 Å². The first-order valence-electron chi connectivity index (χ1n) is 6.06. The van der Waals surface area contributed by atoms with Crippen LogP contribution in [0.1, 0.15) is 13.8 Å². The number of aliphatic carboxylic acids is 1. The number of halogens is 1. The lowest BCUT2D eigenvalue weighted by molar-refractivity contribution is -0.133. The first kappa shape index (κ1) is 15.3. The fourth-order valence-corrected chi connectivity index (χ4v) is 2.77. The van der Waals surface area contributed by atoms with E-state index in [2.05, 4.69) is 4.98 Å². The summed E-state index contributed by atoms with van der Waals surface area (Å²) < 4.78 is 14.9. The minimum absolute atomic E-state index is 0.222. The van der Waals surface area contributed by atoms with Crippen molar-refractivity contribution in [3.8, 4) is 0 Å². The summed E-state index contributed by atoms with van der Waals surface area (Å²) in [5.41, 5.74) is 5.11. The number of imidazole rings is 1. The van der Waals surface area contributed by atoms with Crippen molar-refractivity contribution in [3.63, 3.8) is 0 Å². The number of thioether (sulfide) groups is 1. The topological polar surface area (TPSA) is 98.2 Å². The number of rotatable bonds is 5. The van der Waals surface area contributed by atoms with Crippen LogP contribution in [-0.2, 0) is 15.1 Å². The van der Waals surface area contributed by atoms with Crippen LogP contribution in [0.2, 0.25) is 0 Å². The average Bonchev–Trinajstić information content (AvgIpc) is 2.74. The first-order chi connectivity index (χ1) is 9.73. The Hall–Kier alpha value is -2.09. The summed E-state index contributed by atoms with van der Waals surface area (Å²) in [6, 6.07) is 3.98. The molecule has 1 aromatic heterocycles. The number of carbonyl (C=O) groups is 2. The van der Waals surface area contributed by atoms with Crippen molar-refractivity contribution in [1.82, 2.24) is 9.55 Å². The SMILES string of the molecule is CC(C)(C(N)=O)n1c(SCC(=O)O)nc2ccc(F)cc21. The van der Waals surface area contributed by atoms with Gasteiger partial charge in [-0.2, -0.15) is 0 Å². The van der Waals surface area contributed by atoms with Crippen LogP contribution in [0.15, 0.2) is 23.4 Å². The van der Waals surface area contributed by atoms with Gasteiger partial charge in [0.25, 0.3) is 0 Å². The Morgan fingerprint density at radius 1 is 1.48 bits per heavy atom. The molecule has 0 unspecified atom stereocenters. The molecule has 0 saturated carbocycles. The van der Waals surface area contributed by atoms with Crippen LogP contribution >= 0.6 is 11.8 Å². The molecule has 6 nitrogen and oxygen atoms in total. The minimum Gasteiger partial charge on any atom is -0.481 e. The minimum atomic E-state index is -1.16. The van der Waals surface area contributed by atoms with E-state index in [1.165, 1.54) is 22.8 Å². The van der Waals surface area contributed by atoms with Gasteiger partial charge in [0.2, 0.25) is 5.91 Å². The second-order valence-electron chi connectivity index (χ2n) is 4.97. The normalized spacial score (nSPS) is 11.8. The van der Waals surface area contributed by atoms with E-state index in [0.717, 1.165) is 11.8 Å². The Morgan fingerprint density at radius 3 is 2.71 bits per heavy atom. The van der Waals surface area contributed by atoms with Gasteiger partial charge in [0.05, 0.1) is 16.8 Å². The largest absolute Gasteiger partial charge is 0.481 e. The number of nitrogens with zero attached hydrogens (tertiary/aromatic N) is 2. The molecule has 0 aliphatic rings. The van der Waals surface area contributed by atoms with Crippen LogP contribution in [0, 0.1) is 5.82 Å². The third-order valence-corrected chi connectivity index (χ3v) is 4.00. The summed E-state index contributed by atoms with van der Waals surface area (Å²) in [6.45, 7) is 3.15. The molecule has 1 heterocycles. The van der Waals surface area contributed by atoms with E-state index in [4.69, 9.17) is 10.8 Å². The number of carboxylic acid groups (broad SMARTS) is 1. The van der Waals surface area contributed by atoms with E-state index in [-0.39, 0.29) is 5.75 Å². The third kappa shape index (κ3) is 2.85. The molecule has 1 aromatic carbocycles. The summed E-state index contributed by atoms with van der Waals surface area (Å²) in [4.78, 5) is 26.7. The Kier molecular flexibility index (Phi) is 3.91. The molecule has 0 aliphatic heterocycles. The smallest absolute Gasteiger partial charge is 0.313 e. The van der Waals surface area contributed by atoms with Gasteiger partial charge in [0, 0.05) is 0 Å². The highest BCUT2D eigenvalue weighted by Crippen LogP contribution is 2.31. The number of hydrogen-bond donors (Lipinski definition) is 2. The van der Waals surface area contributed by atoms with Gasteiger partial charge in [-0.25, -0.2) is 9.37 Å². The van der Waals surface area contributed by atoms with E-state index in [0.29, 0.717) is 16.2 Å². The van der Waals surface area contributed by atoms with Gasteiger partial charge >= 0.3 is 5.97 Å². The van der Waals surface area contributed by atoms with Gasteiger partial charge in [0.15, 0.2) is 5.16 Å². The summed E-state index contributed by atoms with van der Waals surface area (Å²) in [5.74, 6) is -2.33. The quantitative estimate of drug-likeness (QED) is 0.817. The van der Waals surface area contributed by atoms with E-state index in [1.54, 1.807) is 13.8 Å². The van der Waals surface area contributed by atoms with Crippen molar-refractivity contribution in [2.45, 2.75) is 24.5 Å². The highest BCUT2D eigenvalue weighted by molar-refractivity contribution is 7.99. The molecule has 21 heavy (non-hydrogen) atoms. The maximum Gasteiger partial charge on any atom is 0.313 e. The monoisotopic (exact) mass is 311 g/mol. The van der Waals surface area contributed by atoms with Gasteiger partial charge in [-0.05, 0) is 32.0 Å². The molecule has 2 aromatic rings. The average molecular weight is 311 g/mol. The molecule has 0 saturated heterocycles. The van der Waals surface area contributed by atoms with Crippen molar-refractivity contribution in [1.29, 1.82) is 0 Å². The number of fused-ring (bicyclic) bond motifs is 1. The maximum atomic E-state index is 13.5. The molecule has 0 atom stereocenters. The molecule has 112 valence electrons. The highest BCUT2D eigenvalue weighted by Gasteiger charge is 2.32. The number of primary amides is 1. The zero-order valence-electron chi connectivity index (χ0n) is 11.5. The molecule has 3 N–H and O–H groups in total. The number of amides is 1. The summed E-state index contributed by atoms with van der Waals surface area (Å²) in [7, 11) is 0. The van der Waals surface area contributed by atoms with Crippen LogP contribution in [0.5, 0.6) is 0 Å². The van der Waals surface area contributed by atoms with E-state index < -0.39 is 23.2 Å². The zero-order chi connectivity index (χ0) is 15.8. The van der Waals surface area contributed by atoms with E-state index >= 15 is 0 Å². The Bertz CT molecular complexity index is 727. The standard InChI is InChI=1S/C13H14FN3O3S/c1-13(2,11(15)20)17-9-5-7(14)3-4-8(9)16-12(17)21-6-10(18)19/h3-5H,6H2,1-2H3,(H2,15,20)(H,18,19). The van der Waals surface area contributed by atoms with Crippen LogP contribution in [0.3, 0.4) is 0 Å². The molecule has 0 fully saturated rings. The van der Waals surface area contributed by atoms with Crippen molar-refractivity contribution in [2.75, 3.05) is 5.75 Å². The molecule has 0 spiro atoms. The Morgan fingerprint density at radius 2 is 2.14 bits per heavy atom. The maximum absolute atomic E-state index is 13.5. The molecule has 0 bridgehead atoms. The number of hydrogen-bond acceptors (Lipinski definition) is 4. The molecule has 1 amide bonds. The van der Waals surface area contributed by atoms with Crippen molar-refractivity contribution in [3.05, 3.63) is 24.0 Å². The van der Waals surface area contributed by atoms with Gasteiger partial charge in [-0.1, -0.05) is 11.8 Å². The Balaban J connectivity index is 2.67. The lowest BCUT2D eigenvalue weighted by Crippen LogP contribution is -2.41. The molecular weight excluding hydrogens is 297 g/mol. The molecule has 0 radical (unpaired) electrons. The highest BCUT2D eigenvalue weighted by atomic mass is 32.2. The van der Waals surface area contributed by atoms with Crippen LogP contribution in [0.25, 0.3) is 11.0 Å². The predicted molar refractivity (Wildman–Crippen MR) is 76.6 cm³/mol. The Labute approximate surface area is 124 Å². The van der Waals surface area contributed by atoms with Gasteiger partial charge in [-0.3, -0.25) is 9.59 Å². The molecule has 2 rings (SSSR count). The van der Waals surface area contributed by atoms with E-state index in [1.807, 2.05) is 0 Å². The number of carbonyl (C=O) groups excluding carboxylic acids is 1. The number of carboxylic acids is 1. The number of benzene rings is 1. The summed E-state index contributed by atoms with van der Waals surface area (Å²) >= 11 is 0.953. The molecule has 0 aliphatic carbocycles. The molecule has 8 heteroatoms. The van der Waals surface area contributed by atoms with E-state index in [9.17, 15) is 14.0 Å². The first-order valence-corrected chi connectivity index (χ1v) is 7.05. The fourth-order valence-electron chi connectivity index (χ4n) is 1.90. The second kappa shape index (κ2) is 5.36. The van der Waals surface area contributed by atoms with Crippen molar-refractivity contribution < 1.29 is 19.1 Å². The van der Waals surface area contributed by atoms with Crippen molar-refractivity contribution >= 4 is 34.7 Å². The fraction of sp³-hybridized carbons (Fsp3) is 0.308. The number of aromatic nitrogens is 2. The van der Waals surface area contributed by atoms with Gasteiger partial charge in [-0.15, -0.1) is 0 Å². The summed E-state index contributed by atoms with van der Waals surface area (Å²) in [5, 5.41) is 9.09. The van der Waals surface area contributed by atoms with Gasteiger partial charge in [0.1, 0.15) is 11.4 Å². The van der Waals surface area contributed by atoms with Gasteiger partial charge < -0.3 is 15.4 Å². The van der Waals surface area contributed by atoms with Crippen LogP contribution < -0.4 is 5.73 Å². The number of nitrogens with two attached hydrogens (primary N) is 1. The zero-order valence-corrected chi connectivity index (χ0v) is 12.3. The second-order valence-corrected chi connectivity index (χ2v) is 5.91. The lowest BCUT2D eigenvalue weighted by atomic mass is 10.0. The van der Waals surface area contributed by atoms with Crippen LogP contribution in [-0.4, -0.2) is 32.3 Å². The van der Waals surface area contributed by atoms with Crippen LogP contribution in [0.4, 0.5) is 4.39 Å². The predicted octanol–water partition coefficient (Wildman–Crippen LogP) is 1.57. The lowest BCUT2D eigenvalue weighted by Gasteiger charge is -2.25. The molecular formula is C13H14FN3O3S. The third-order valence-electron chi connectivity index (χ3n) is 3.07. The summed E-state index contributed by atoms with van der Waals surface area (Å²) in [6.07, 6.45) is 0.